The minimum Gasteiger partial charge on any atom is -0.268 e. The highest BCUT2D eigenvalue weighted by Crippen LogP contribution is 2.21. The minimum absolute atomic E-state index is 0.250. The van der Waals surface area contributed by atoms with Crippen LogP contribution in [0.15, 0.2) is 65.5 Å². The van der Waals surface area contributed by atoms with E-state index in [1.807, 2.05) is 13.0 Å². The van der Waals surface area contributed by atoms with Crippen molar-refractivity contribution in [2.24, 2.45) is 0 Å². The predicted octanol–water partition coefficient (Wildman–Crippen LogP) is 5.80. The monoisotopic (exact) mass is 408 g/mol. The van der Waals surface area contributed by atoms with Crippen molar-refractivity contribution in [3.63, 3.8) is 0 Å². The van der Waals surface area contributed by atoms with Crippen LogP contribution in [0.2, 0.25) is 5.02 Å². The number of hydrogen-bond acceptors (Lipinski definition) is 2. The Morgan fingerprint density at radius 2 is 1.76 bits per heavy atom. The van der Waals surface area contributed by atoms with Crippen LogP contribution in [0.4, 0.5) is 8.78 Å². The normalized spacial score (nSPS) is 11.4. The fraction of sp³-hybridized carbons (Fsp3) is 0.0435. The van der Waals surface area contributed by atoms with Gasteiger partial charge in [0.25, 0.3) is 5.56 Å². The van der Waals surface area contributed by atoms with E-state index in [1.165, 1.54) is 10.6 Å². The van der Waals surface area contributed by atoms with Crippen molar-refractivity contribution in [2.75, 3.05) is 0 Å². The molecule has 0 aliphatic heterocycles. The van der Waals surface area contributed by atoms with Crippen LogP contribution in [0.3, 0.4) is 0 Å². The van der Waals surface area contributed by atoms with Gasteiger partial charge < -0.3 is 0 Å². The molecule has 0 radical (unpaired) electrons. The summed E-state index contributed by atoms with van der Waals surface area (Å²) in [4.78, 5) is 17.8. The van der Waals surface area contributed by atoms with Gasteiger partial charge >= 0.3 is 0 Å². The molecule has 0 spiro atoms. The summed E-state index contributed by atoms with van der Waals surface area (Å²) in [5, 5.41) is 0.993. The lowest BCUT2D eigenvalue weighted by Gasteiger charge is -2.12. The standard InChI is InChI=1S/C23H15ClF2N2O/c1-14-6-9-16(13-18(14)24)28-22(11-8-15-7-10-19(25)20(26)12-15)27-21-5-3-2-4-17(21)23(28)29/h2-13H,1H3. The third kappa shape index (κ3) is 3.69. The lowest BCUT2D eigenvalue weighted by molar-refractivity contribution is 0.508. The van der Waals surface area contributed by atoms with E-state index in [2.05, 4.69) is 4.98 Å². The summed E-state index contributed by atoms with van der Waals surface area (Å²) in [5.41, 5.74) is 2.18. The van der Waals surface area contributed by atoms with Gasteiger partial charge in [-0.1, -0.05) is 41.9 Å². The fourth-order valence-corrected chi connectivity index (χ4v) is 3.19. The Morgan fingerprint density at radius 3 is 2.52 bits per heavy atom. The highest BCUT2D eigenvalue weighted by Gasteiger charge is 2.12. The van der Waals surface area contributed by atoms with Crippen LogP contribution in [0.25, 0.3) is 28.7 Å². The average molecular weight is 409 g/mol. The summed E-state index contributed by atoms with van der Waals surface area (Å²) < 4.78 is 28.1. The molecule has 0 bridgehead atoms. The van der Waals surface area contributed by atoms with Crippen LogP contribution in [-0.2, 0) is 0 Å². The second-order valence-corrected chi connectivity index (χ2v) is 6.98. The smallest absolute Gasteiger partial charge is 0.266 e. The number of aryl methyl sites for hydroxylation is 1. The van der Waals surface area contributed by atoms with E-state index in [1.54, 1.807) is 48.6 Å². The number of halogens is 3. The van der Waals surface area contributed by atoms with E-state index < -0.39 is 11.6 Å². The molecule has 1 heterocycles. The summed E-state index contributed by atoms with van der Waals surface area (Å²) in [5.74, 6) is -1.52. The summed E-state index contributed by atoms with van der Waals surface area (Å²) in [6.07, 6.45) is 3.17. The highest BCUT2D eigenvalue weighted by molar-refractivity contribution is 6.31. The van der Waals surface area contributed by atoms with Gasteiger partial charge in [-0.05, 0) is 60.5 Å². The van der Waals surface area contributed by atoms with Gasteiger partial charge in [-0.25, -0.2) is 13.8 Å². The molecule has 0 atom stereocenters. The molecule has 0 aliphatic carbocycles. The molecule has 0 amide bonds. The molecular formula is C23H15ClF2N2O. The molecule has 0 unspecified atom stereocenters. The van der Waals surface area contributed by atoms with Gasteiger partial charge in [0.2, 0.25) is 0 Å². The second kappa shape index (κ2) is 7.60. The molecule has 0 N–H and O–H groups in total. The number of para-hydroxylation sites is 1. The topological polar surface area (TPSA) is 34.9 Å². The second-order valence-electron chi connectivity index (χ2n) is 6.57. The van der Waals surface area contributed by atoms with Gasteiger partial charge in [0.15, 0.2) is 11.6 Å². The van der Waals surface area contributed by atoms with Crippen molar-refractivity contribution in [1.29, 1.82) is 0 Å². The summed E-state index contributed by atoms with van der Waals surface area (Å²) in [7, 11) is 0. The Kier molecular flexibility index (Phi) is 4.99. The maximum atomic E-state index is 13.5. The lowest BCUT2D eigenvalue weighted by atomic mass is 10.1. The van der Waals surface area contributed by atoms with E-state index >= 15 is 0 Å². The van der Waals surface area contributed by atoms with Crippen molar-refractivity contribution in [1.82, 2.24) is 9.55 Å². The fourth-order valence-electron chi connectivity index (χ4n) is 3.02. The number of nitrogens with zero attached hydrogens (tertiary/aromatic N) is 2. The van der Waals surface area contributed by atoms with Gasteiger partial charge in [-0.3, -0.25) is 9.36 Å². The van der Waals surface area contributed by atoms with Crippen LogP contribution in [-0.4, -0.2) is 9.55 Å². The van der Waals surface area contributed by atoms with Gasteiger partial charge in [0.1, 0.15) is 5.82 Å². The average Bonchev–Trinajstić information content (AvgIpc) is 2.71. The summed E-state index contributed by atoms with van der Waals surface area (Å²) in [6.45, 7) is 1.87. The zero-order valence-corrected chi connectivity index (χ0v) is 16.1. The Hall–Kier alpha value is -3.31. The molecule has 3 nitrogen and oxygen atoms in total. The Bertz CT molecular complexity index is 1330. The number of fused-ring (bicyclic) bond motifs is 1. The first kappa shape index (κ1) is 19.0. The molecule has 6 heteroatoms. The molecule has 0 saturated carbocycles. The lowest BCUT2D eigenvalue weighted by Crippen LogP contribution is -2.22. The van der Waals surface area contributed by atoms with Crippen molar-refractivity contribution >= 4 is 34.7 Å². The van der Waals surface area contributed by atoms with Crippen molar-refractivity contribution in [3.05, 3.63) is 105 Å². The predicted molar refractivity (Wildman–Crippen MR) is 112 cm³/mol. The first-order valence-electron chi connectivity index (χ1n) is 8.85. The largest absolute Gasteiger partial charge is 0.268 e. The van der Waals surface area contributed by atoms with E-state index in [-0.39, 0.29) is 5.56 Å². The summed E-state index contributed by atoms with van der Waals surface area (Å²) >= 11 is 6.26. The van der Waals surface area contributed by atoms with Crippen LogP contribution >= 0.6 is 11.6 Å². The Morgan fingerprint density at radius 1 is 0.966 bits per heavy atom. The first-order valence-corrected chi connectivity index (χ1v) is 9.23. The van der Waals surface area contributed by atoms with E-state index in [4.69, 9.17) is 11.6 Å². The maximum Gasteiger partial charge on any atom is 0.266 e. The zero-order valence-electron chi connectivity index (χ0n) is 15.4. The van der Waals surface area contributed by atoms with E-state index in [0.29, 0.717) is 33.0 Å². The summed E-state index contributed by atoms with van der Waals surface area (Å²) in [6, 6.07) is 15.9. The highest BCUT2D eigenvalue weighted by atomic mass is 35.5. The van der Waals surface area contributed by atoms with Crippen LogP contribution in [0.1, 0.15) is 17.0 Å². The molecule has 4 aromatic rings. The molecule has 144 valence electrons. The SMILES string of the molecule is Cc1ccc(-n2c(C=Cc3ccc(F)c(F)c3)nc3ccccc3c2=O)cc1Cl. The number of aromatic nitrogens is 2. The molecule has 1 aromatic heterocycles. The van der Waals surface area contributed by atoms with Gasteiger partial charge in [0, 0.05) is 5.02 Å². The maximum absolute atomic E-state index is 13.5. The minimum atomic E-state index is -0.943. The van der Waals surface area contributed by atoms with Gasteiger partial charge in [0.05, 0.1) is 16.6 Å². The van der Waals surface area contributed by atoms with Crippen molar-refractivity contribution < 1.29 is 8.78 Å². The molecule has 0 fully saturated rings. The molecule has 0 aliphatic rings. The first-order chi connectivity index (χ1) is 13.9. The number of hydrogen-bond donors (Lipinski definition) is 0. The molecule has 4 rings (SSSR count). The van der Waals surface area contributed by atoms with Crippen LogP contribution in [0.5, 0.6) is 0 Å². The molecular weight excluding hydrogens is 394 g/mol. The van der Waals surface area contributed by atoms with Gasteiger partial charge in [-0.2, -0.15) is 0 Å². The molecule has 29 heavy (non-hydrogen) atoms. The van der Waals surface area contributed by atoms with Crippen LogP contribution in [0, 0.1) is 18.6 Å². The quantitative estimate of drug-likeness (QED) is 0.429. The number of benzene rings is 3. The van der Waals surface area contributed by atoms with Crippen LogP contribution < -0.4 is 5.56 Å². The number of rotatable bonds is 3. The van der Waals surface area contributed by atoms with Crippen molar-refractivity contribution in [2.45, 2.75) is 6.92 Å². The van der Waals surface area contributed by atoms with Crippen molar-refractivity contribution in [3.8, 4) is 5.69 Å². The third-order valence-corrected chi connectivity index (χ3v) is 4.99. The molecule has 3 aromatic carbocycles. The van der Waals surface area contributed by atoms with E-state index in [9.17, 15) is 13.6 Å². The van der Waals surface area contributed by atoms with E-state index in [0.717, 1.165) is 17.7 Å². The Balaban J connectivity index is 1.93. The third-order valence-electron chi connectivity index (χ3n) is 4.58. The zero-order chi connectivity index (χ0) is 20.5. The molecule has 0 saturated heterocycles. The Labute approximate surface area is 170 Å². The van der Waals surface area contributed by atoms with Gasteiger partial charge in [-0.15, -0.1) is 0 Å².